The molecule has 0 atom stereocenters. The summed E-state index contributed by atoms with van der Waals surface area (Å²) in [4.78, 5) is 29.6. The van der Waals surface area contributed by atoms with Gasteiger partial charge in [0.05, 0.1) is 11.4 Å². The zero-order valence-electron chi connectivity index (χ0n) is 25.8. The molecule has 5 aromatic rings. The van der Waals surface area contributed by atoms with Gasteiger partial charge in [0.1, 0.15) is 0 Å². The number of hydrogen-bond acceptors (Lipinski definition) is 4. The second kappa shape index (κ2) is 13.8. The van der Waals surface area contributed by atoms with Gasteiger partial charge in [-0.2, -0.15) is 0 Å². The van der Waals surface area contributed by atoms with E-state index in [1.54, 1.807) is 24.3 Å². The zero-order valence-corrected chi connectivity index (χ0v) is 25.8. The third kappa shape index (κ3) is 6.22. The molecule has 4 nitrogen and oxygen atoms in total. The van der Waals surface area contributed by atoms with Gasteiger partial charge >= 0.3 is 0 Å². The highest BCUT2D eigenvalue weighted by molar-refractivity contribution is 6.09. The normalized spacial score (nSPS) is 10.5. The number of fused-ring (bicyclic) bond motifs is 2. The van der Waals surface area contributed by atoms with Gasteiger partial charge in [0.15, 0.2) is 0 Å². The van der Waals surface area contributed by atoms with Crippen LogP contribution < -0.4 is 20.7 Å². The Balaban J connectivity index is 1.65. The van der Waals surface area contributed by atoms with Crippen LogP contribution in [0.5, 0.6) is 0 Å². The fourth-order valence-corrected chi connectivity index (χ4v) is 5.60. The molecular weight excluding hydrogens is 540 g/mol. The average Bonchev–Trinajstić information content (AvgIpc) is 3.35. The van der Waals surface area contributed by atoms with E-state index in [1.807, 2.05) is 76.2 Å². The molecule has 44 heavy (non-hydrogen) atoms. The highest BCUT2D eigenvalue weighted by Crippen LogP contribution is 2.32. The van der Waals surface area contributed by atoms with E-state index in [9.17, 15) is 9.59 Å². The van der Waals surface area contributed by atoms with Gasteiger partial charge in [-0.25, -0.2) is 0 Å². The fourth-order valence-electron chi connectivity index (χ4n) is 5.60. The van der Waals surface area contributed by atoms with Crippen molar-refractivity contribution >= 4 is 32.9 Å². The van der Waals surface area contributed by atoms with Crippen molar-refractivity contribution < 1.29 is 0 Å². The molecule has 5 rings (SSSR count). The summed E-state index contributed by atoms with van der Waals surface area (Å²) in [5, 5.41) is 4.06. The monoisotopic (exact) mass is 576 g/mol. The summed E-state index contributed by atoms with van der Waals surface area (Å²) in [6.45, 7) is 11.3. The van der Waals surface area contributed by atoms with E-state index in [4.69, 9.17) is 0 Å². The van der Waals surface area contributed by atoms with Gasteiger partial charge in [-0.1, -0.05) is 72.2 Å². The Bertz CT molecular complexity index is 1880. The minimum Gasteiger partial charge on any atom is -0.369 e. The zero-order chi connectivity index (χ0) is 31.1. The predicted molar refractivity (Wildman–Crippen MR) is 186 cm³/mol. The summed E-state index contributed by atoms with van der Waals surface area (Å²) < 4.78 is 0. The van der Waals surface area contributed by atoms with Crippen molar-refractivity contribution in [1.82, 2.24) is 0 Å². The average molecular weight is 577 g/mol. The quantitative estimate of drug-likeness (QED) is 0.158. The Hall–Kier alpha value is -5.32. The molecule has 0 aliphatic heterocycles. The number of anilines is 2. The Morgan fingerprint density at radius 3 is 1.07 bits per heavy atom. The van der Waals surface area contributed by atoms with Gasteiger partial charge in [-0.05, 0) is 97.8 Å². The van der Waals surface area contributed by atoms with E-state index < -0.39 is 0 Å². The third-order valence-corrected chi connectivity index (χ3v) is 7.98. The summed E-state index contributed by atoms with van der Waals surface area (Å²) in [6, 6.07) is 30.8. The molecular formula is C40H36N2O2. The van der Waals surface area contributed by atoms with Crippen LogP contribution in [-0.4, -0.2) is 26.2 Å². The van der Waals surface area contributed by atoms with Crippen LogP contribution in [0.15, 0.2) is 107 Å². The van der Waals surface area contributed by atoms with Crippen molar-refractivity contribution in [2.24, 2.45) is 0 Å². The van der Waals surface area contributed by atoms with Crippen LogP contribution in [-0.2, 0) is 0 Å². The number of rotatable bonds is 6. The van der Waals surface area contributed by atoms with Gasteiger partial charge in [0.25, 0.3) is 0 Å². The van der Waals surface area contributed by atoms with Crippen LogP contribution in [0.2, 0.25) is 0 Å². The highest BCUT2D eigenvalue weighted by atomic mass is 16.1. The van der Waals surface area contributed by atoms with E-state index in [1.165, 1.54) is 0 Å². The minimum atomic E-state index is -0.0108. The first-order valence-electron chi connectivity index (χ1n) is 15.2. The lowest BCUT2D eigenvalue weighted by Gasteiger charge is -2.18. The smallest absolute Gasteiger partial charge is 0.201 e. The van der Waals surface area contributed by atoms with E-state index in [0.717, 1.165) is 70.0 Å². The van der Waals surface area contributed by atoms with Gasteiger partial charge in [-0.3, -0.25) is 9.59 Å². The number of hydrogen-bond donors (Lipinski definition) is 0. The van der Waals surface area contributed by atoms with Crippen molar-refractivity contribution in [1.29, 1.82) is 0 Å². The minimum absolute atomic E-state index is 0.0108. The van der Waals surface area contributed by atoms with E-state index in [2.05, 4.69) is 57.7 Å². The maximum Gasteiger partial charge on any atom is 0.201 e. The van der Waals surface area contributed by atoms with Gasteiger partial charge in [0.2, 0.25) is 10.9 Å². The third-order valence-electron chi connectivity index (χ3n) is 7.98. The molecule has 0 saturated carbocycles. The molecule has 0 spiro atoms. The second-order valence-electron chi connectivity index (χ2n) is 10.4. The second-order valence-corrected chi connectivity index (χ2v) is 10.4. The lowest BCUT2D eigenvalue weighted by Crippen LogP contribution is -2.26. The van der Waals surface area contributed by atoms with Gasteiger partial charge < -0.3 is 9.80 Å². The Morgan fingerprint density at radius 1 is 0.432 bits per heavy atom. The molecule has 0 heterocycles. The van der Waals surface area contributed by atoms with Crippen molar-refractivity contribution in [3.63, 3.8) is 0 Å². The summed E-state index contributed by atoms with van der Waals surface area (Å²) in [5.74, 6) is 13.5. The van der Waals surface area contributed by atoms with Crippen LogP contribution >= 0.6 is 0 Å². The fraction of sp³-hybridized carbons (Fsp3) is 0.200. The van der Waals surface area contributed by atoms with Crippen LogP contribution in [0.25, 0.3) is 21.5 Å². The van der Waals surface area contributed by atoms with E-state index in [-0.39, 0.29) is 10.9 Å². The molecule has 0 unspecified atom stereocenters. The lowest BCUT2D eigenvalue weighted by atomic mass is 9.92. The number of benzene rings is 3. The molecule has 0 aromatic heterocycles. The Morgan fingerprint density at radius 2 is 0.750 bits per heavy atom. The molecule has 0 N–H and O–H groups in total. The molecule has 0 amide bonds. The molecule has 0 bridgehead atoms. The summed E-state index contributed by atoms with van der Waals surface area (Å²) >= 11 is 0. The molecule has 0 saturated heterocycles. The maximum absolute atomic E-state index is 12.7. The molecule has 0 fully saturated rings. The van der Waals surface area contributed by atoms with Gasteiger partial charge in [-0.15, -0.1) is 0 Å². The summed E-state index contributed by atoms with van der Waals surface area (Å²) in [5.41, 5.74) is 4.74. The Kier molecular flexibility index (Phi) is 9.43. The SMILES string of the molecule is CCN(CC)c1ccc(C#Cc2c3ccccc3c(C#Cc3ccc(N(CC)CC)c(=O)cc3)c3ccccc23)ccc1=O. The molecule has 5 aromatic carbocycles. The van der Waals surface area contributed by atoms with Crippen molar-refractivity contribution in [3.05, 3.63) is 140 Å². The summed E-state index contributed by atoms with van der Waals surface area (Å²) in [7, 11) is 0. The van der Waals surface area contributed by atoms with E-state index in [0.29, 0.717) is 11.4 Å². The standard InChI is InChI=1S/C40H36N2O2/c1-5-41(6-2)37-25-19-29(21-27-39(37)43)17-23-35-31-13-9-11-15-33(31)36(34-16-12-10-14-32(34)35)24-18-30-20-26-38(40(44)28-22-30)42(7-3)8-4/h9-16,19-22,25-28H,5-8H2,1-4H3. The van der Waals surface area contributed by atoms with Crippen LogP contribution in [0, 0.1) is 23.7 Å². The van der Waals surface area contributed by atoms with Crippen molar-refractivity contribution in [2.75, 3.05) is 36.0 Å². The molecule has 0 radical (unpaired) electrons. The van der Waals surface area contributed by atoms with Crippen LogP contribution in [0.3, 0.4) is 0 Å². The molecule has 0 aliphatic rings. The topological polar surface area (TPSA) is 40.6 Å². The predicted octanol–water partition coefficient (Wildman–Crippen LogP) is 7.21. The van der Waals surface area contributed by atoms with Crippen molar-refractivity contribution in [2.45, 2.75) is 27.7 Å². The van der Waals surface area contributed by atoms with Crippen LogP contribution in [0.4, 0.5) is 11.4 Å². The Labute approximate surface area is 259 Å². The first-order chi connectivity index (χ1) is 21.5. The van der Waals surface area contributed by atoms with E-state index >= 15 is 0 Å². The van der Waals surface area contributed by atoms with Crippen molar-refractivity contribution in [3.8, 4) is 23.7 Å². The van der Waals surface area contributed by atoms with Crippen LogP contribution in [0.1, 0.15) is 49.9 Å². The first-order valence-corrected chi connectivity index (χ1v) is 15.2. The lowest BCUT2D eigenvalue weighted by molar-refractivity contribution is 0.863. The molecule has 218 valence electrons. The summed E-state index contributed by atoms with van der Waals surface area (Å²) in [6.07, 6.45) is 0. The molecule has 0 aliphatic carbocycles. The maximum atomic E-state index is 12.7. The highest BCUT2D eigenvalue weighted by Gasteiger charge is 2.12. The first kappa shape index (κ1) is 30.1. The number of nitrogens with zero attached hydrogens (tertiary/aromatic N) is 2. The van der Waals surface area contributed by atoms with Gasteiger partial charge in [0, 0.05) is 48.4 Å². The molecule has 4 heteroatoms. The largest absolute Gasteiger partial charge is 0.369 e.